The Balaban J connectivity index is 1.73. The molecule has 3 rings (SSSR count). The molecule has 1 fully saturated rings. The largest absolute Gasteiger partial charge is 0.369 e. The van der Waals surface area contributed by atoms with E-state index in [1.54, 1.807) is 24.7 Å². The van der Waals surface area contributed by atoms with Gasteiger partial charge in [-0.15, -0.1) is 0 Å². The molecule has 0 spiro atoms. The molecule has 1 aromatic carbocycles. The molecule has 1 aliphatic rings. The SMILES string of the molecule is Cc1nc(S(=O)(=O)N2CCN(c3cccc(Cl)c3)CC2)cn1C. The van der Waals surface area contributed by atoms with Crippen molar-refractivity contribution in [2.75, 3.05) is 31.1 Å². The lowest BCUT2D eigenvalue weighted by atomic mass is 10.2. The number of imidazole rings is 1. The number of hydrogen-bond acceptors (Lipinski definition) is 4. The van der Waals surface area contributed by atoms with Crippen LogP contribution in [0.2, 0.25) is 5.02 Å². The molecular formula is C15H19ClN4O2S. The van der Waals surface area contributed by atoms with Gasteiger partial charge in [-0.25, -0.2) is 13.4 Å². The molecular weight excluding hydrogens is 336 g/mol. The summed E-state index contributed by atoms with van der Waals surface area (Å²) in [7, 11) is -1.74. The first kappa shape index (κ1) is 16.3. The van der Waals surface area contributed by atoms with E-state index in [9.17, 15) is 8.42 Å². The van der Waals surface area contributed by atoms with Gasteiger partial charge >= 0.3 is 0 Å². The van der Waals surface area contributed by atoms with E-state index < -0.39 is 10.0 Å². The van der Waals surface area contributed by atoms with Crippen LogP contribution < -0.4 is 4.90 Å². The summed E-state index contributed by atoms with van der Waals surface area (Å²) in [6.07, 6.45) is 1.56. The number of aryl methyl sites for hydroxylation is 2. The van der Waals surface area contributed by atoms with Crippen molar-refractivity contribution in [3.8, 4) is 0 Å². The van der Waals surface area contributed by atoms with Crippen LogP contribution in [-0.4, -0.2) is 48.5 Å². The predicted octanol–water partition coefficient (Wildman–Crippen LogP) is 1.89. The first-order valence-corrected chi connectivity index (χ1v) is 9.20. The maximum Gasteiger partial charge on any atom is 0.262 e. The van der Waals surface area contributed by atoms with E-state index in [4.69, 9.17) is 11.6 Å². The van der Waals surface area contributed by atoms with Gasteiger partial charge < -0.3 is 9.47 Å². The topological polar surface area (TPSA) is 58.4 Å². The van der Waals surface area contributed by atoms with Crippen molar-refractivity contribution < 1.29 is 8.42 Å². The fraction of sp³-hybridized carbons (Fsp3) is 0.400. The molecule has 2 aromatic rings. The van der Waals surface area contributed by atoms with Crippen molar-refractivity contribution in [3.63, 3.8) is 0 Å². The van der Waals surface area contributed by atoms with Crippen LogP contribution in [0.15, 0.2) is 35.5 Å². The summed E-state index contributed by atoms with van der Waals surface area (Å²) in [6, 6.07) is 7.61. The average Bonchev–Trinajstić information content (AvgIpc) is 2.88. The molecule has 1 saturated heterocycles. The number of benzene rings is 1. The van der Waals surface area contributed by atoms with Gasteiger partial charge in [0.15, 0.2) is 5.03 Å². The van der Waals surface area contributed by atoms with Gasteiger partial charge in [-0.05, 0) is 25.1 Å². The zero-order valence-corrected chi connectivity index (χ0v) is 14.7. The third-order valence-corrected chi connectivity index (χ3v) is 6.11. The highest BCUT2D eigenvalue weighted by atomic mass is 35.5. The third-order valence-electron chi connectivity index (χ3n) is 4.10. The Morgan fingerprint density at radius 2 is 1.87 bits per heavy atom. The molecule has 0 unspecified atom stereocenters. The number of halogens is 1. The Bertz CT molecular complexity index is 791. The van der Waals surface area contributed by atoms with E-state index in [0.717, 1.165) is 5.69 Å². The lowest BCUT2D eigenvalue weighted by Crippen LogP contribution is -2.48. The predicted molar refractivity (Wildman–Crippen MR) is 90.4 cm³/mol. The van der Waals surface area contributed by atoms with E-state index in [2.05, 4.69) is 9.88 Å². The van der Waals surface area contributed by atoms with Crippen LogP contribution in [0.1, 0.15) is 5.82 Å². The summed E-state index contributed by atoms with van der Waals surface area (Å²) >= 11 is 6.02. The standard InChI is InChI=1S/C15H19ClN4O2S/c1-12-17-15(11-18(12)2)23(21,22)20-8-6-19(7-9-20)14-5-3-4-13(16)10-14/h3-5,10-11H,6-9H2,1-2H3. The van der Waals surface area contributed by atoms with Gasteiger partial charge in [-0.1, -0.05) is 17.7 Å². The van der Waals surface area contributed by atoms with Crippen molar-refractivity contribution in [1.29, 1.82) is 0 Å². The van der Waals surface area contributed by atoms with Crippen LogP contribution in [0, 0.1) is 6.92 Å². The molecule has 0 atom stereocenters. The van der Waals surface area contributed by atoms with Crippen molar-refractivity contribution >= 4 is 27.3 Å². The molecule has 8 heteroatoms. The summed E-state index contributed by atoms with van der Waals surface area (Å²) < 4.78 is 28.5. The van der Waals surface area contributed by atoms with E-state index in [-0.39, 0.29) is 5.03 Å². The molecule has 0 aliphatic carbocycles. The normalized spacial score (nSPS) is 16.7. The highest BCUT2D eigenvalue weighted by Crippen LogP contribution is 2.23. The smallest absolute Gasteiger partial charge is 0.262 e. The molecule has 0 saturated carbocycles. The zero-order valence-electron chi connectivity index (χ0n) is 13.1. The number of sulfonamides is 1. The summed E-state index contributed by atoms with van der Waals surface area (Å²) in [5.74, 6) is 0.682. The van der Waals surface area contributed by atoms with Crippen LogP contribution in [0.4, 0.5) is 5.69 Å². The molecule has 1 aliphatic heterocycles. The van der Waals surface area contributed by atoms with E-state index >= 15 is 0 Å². The second kappa shape index (κ2) is 6.14. The highest BCUT2D eigenvalue weighted by molar-refractivity contribution is 7.89. The molecule has 2 heterocycles. The summed E-state index contributed by atoms with van der Waals surface area (Å²) in [6.45, 7) is 3.92. The molecule has 0 amide bonds. The minimum absolute atomic E-state index is 0.119. The van der Waals surface area contributed by atoms with E-state index in [1.807, 2.05) is 24.3 Å². The monoisotopic (exact) mass is 354 g/mol. The molecule has 0 N–H and O–H groups in total. The third kappa shape index (κ3) is 3.22. The highest BCUT2D eigenvalue weighted by Gasteiger charge is 2.30. The van der Waals surface area contributed by atoms with E-state index in [0.29, 0.717) is 37.0 Å². The summed E-state index contributed by atoms with van der Waals surface area (Å²) in [5, 5.41) is 0.801. The van der Waals surface area contributed by atoms with Crippen molar-refractivity contribution in [1.82, 2.24) is 13.9 Å². The quantitative estimate of drug-likeness (QED) is 0.844. The zero-order chi connectivity index (χ0) is 16.6. The van der Waals surface area contributed by atoms with Gasteiger partial charge in [0, 0.05) is 50.1 Å². The minimum Gasteiger partial charge on any atom is -0.369 e. The van der Waals surface area contributed by atoms with Gasteiger partial charge in [0.05, 0.1) is 0 Å². The molecule has 1 aromatic heterocycles. The second-order valence-corrected chi connectivity index (χ2v) is 7.93. The Kier molecular flexibility index (Phi) is 4.35. The van der Waals surface area contributed by atoms with Gasteiger partial charge in [0.1, 0.15) is 5.82 Å². The average molecular weight is 355 g/mol. The molecule has 23 heavy (non-hydrogen) atoms. The number of aromatic nitrogens is 2. The Morgan fingerprint density at radius 3 is 2.43 bits per heavy atom. The molecule has 0 radical (unpaired) electrons. The molecule has 0 bridgehead atoms. The van der Waals surface area contributed by atoms with Crippen molar-refractivity contribution in [2.45, 2.75) is 11.9 Å². The van der Waals surface area contributed by atoms with E-state index in [1.165, 1.54) is 4.31 Å². The lowest BCUT2D eigenvalue weighted by molar-refractivity contribution is 0.383. The maximum absolute atomic E-state index is 12.7. The first-order chi connectivity index (χ1) is 10.9. The molecule has 124 valence electrons. The second-order valence-electron chi connectivity index (χ2n) is 5.61. The fourth-order valence-electron chi connectivity index (χ4n) is 2.64. The Labute approximate surface area is 141 Å². The maximum atomic E-state index is 12.7. The summed E-state index contributed by atoms with van der Waals surface area (Å²) in [4.78, 5) is 6.29. The van der Waals surface area contributed by atoms with Crippen LogP contribution in [0.25, 0.3) is 0 Å². The molecule has 6 nitrogen and oxygen atoms in total. The number of rotatable bonds is 3. The Hall–Kier alpha value is -1.57. The van der Waals surface area contributed by atoms with Crippen molar-refractivity contribution in [2.24, 2.45) is 7.05 Å². The lowest BCUT2D eigenvalue weighted by Gasteiger charge is -2.35. The number of hydrogen-bond donors (Lipinski definition) is 0. The summed E-state index contributed by atoms with van der Waals surface area (Å²) in [5.41, 5.74) is 1.02. The Morgan fingerprint density at radius 1 is 1.17 bits per heavy atom. The van der Waals surface area contributed by atoms with Crippen LogP contribution in [-0.2, 0) is 17.1 Å². The first-order valence-electron chi connectivity index (χ1n) is 7.38. The number of piperazine rings is 1. The van der Waals surface area contributed by atoms with Crippen LogP contribution >= 0.6 is 11.6 Å². The van der Waals surface area contributed by atoms with Crippen LogP contribution in [0.5, 0.6) is 0 Å². The van der Waals surface area contributed by atoms with Gasteiger partial charge in [-0.3, -0.25) is 0 Å². The number of anilines is 1. The van der Waals surface area contributed by atoms with Gasteiger partial charge in [-0.2, -0.15) is 4.31 Å². The number of nitrogens with zero attached hydrogens (tertiary/aromatic N) is 4. The van der Waals surface area contributed by atoms with Crippen LogP contribution in [0.3, 0.4) is 0 Å². The fourth-order valence-corrected chi connectivity index (χ4v) is 4.27. The van der Waals surface area contributed by atoms with Crippen molar-refractivity contribution in [3.05, 3.63) is 41.3 Å². The van der Waals surface area contributed by atoms with Gasteiger partial charge in [0.25, 0.3) is 10.0 Å². The van der Waals surface area contributed by atoms with Gasteiger partial charge in [0.2, 0.25) is 0 Å². The minimum atomic E-state index is -3.53.